The fraction of sp³-hybridized carbons (Fsp3) is 0.483. The summed E-state index contributed by atoms with van der Waals surface area (Å²) >= 11 is 0. The van der Waals surface area contributed by atoms with Gasteiger partial charge >= 0.3 is 18.0 Å². The number of methoxy groups -OCH3 is 2. The van der Waals surface area contributed by atoms with E-state index in [1.54, 1.807) is 23.0 Å². The highest BCUT2D eigenvalue weighted by Crippen LogP contribution is 2.36. The third-order valence-electron chi connectivity index (χ3n) is 7.43. The lowest BCUT2D eigenvalue weighted by Crippen LogP contribution is -2.53. The number of carbonyl (C=O) groups excluding carboxylic acids is 1. The predicted molar refractivity (Wildman–Crippen MR) is 144 cm³/mol. The van der Waals surface area contributed by atoms with E-state index in [0.717, 1.165) is 25.2 Å². The van der Waals surface area contributed by atoms with E-state index in [1.807, 2.05) is 25.1 Å². The lowest BCUT2D eigenvalue weighted by atomic mass is 9.97. The highest BCUT2D eigenvalue weighted by atomic mass is 16.5. The number of hydrogen-bond acceptors (Lipinski definition) is 6. The molecule has 0 bridgehead atoms. The Morgan fingerprint density at radius 3 is 2.33 bits per heavy atom. The molecule has 1 atom stereocenters. The van der Waals surface area contributed by atoms with Crippen molar-refractivity contribution in [1.29, 1.82) is 0 Å². The van der Waals surface area contributed by atoms with Crippen LogP contribution in [0.5, 0.6) is 17.2 Å². The summed E-state index contributed by atoms with van der Waals surface area (Å²) in [5.74, 6) is -2.25. The number of carboxylic acids is 2. The molecular weight excluding hydrogens is 504 g/mol. The number of urea groups is 1. The number of amides is 2. The Morgan fingerprint density at radius 1 is 0.974 bits per heavy atom. The van der Waals surface area contributed by atoms with Crippen LogP contribution in [-0.2, 0) is 16.1 Å². The van der Waals surface area contributed by atoms with E-state index in [2.05, 4.69) is 0 Å². The molecule has 1 aliphatic heterocycles. The van der Waals surface area contributed by atoms with E-state index < -0.39 is 17.9 Å². The number of carbonyl (C=O) groups is 3. The predicted octanol–water partition coefficient (Wildman–Crippen LogP) is 4.75. The second-order valence-electron chi connectivity index (χ2n) is 10.1. The monoisotopic (exact) mass is 540 g/mol. The van der Waals surface area contributed by atoms with Crippen LogP contribution in [-0.4, -0.2) is 66.5 Å². The van der Waals surface area contributed by atoms with E-state index in [0.29, 0.717) is 41.7 Å². The molecule has 0 spiro atoms. The maximum atomic E-state index is 13.7. The lowest BCUT2D eigenvalue weighted by Gasteiger charge is -2.40. The van der Waals surface area contributed by atoms with Crippen LogP contribution in [0.1, 0.15) is 56.1 Å². The van der Waals surface area contributed by atoms with E-state index in [1.165, 1.54) is 32.1 Å². The molecule has 10 nitrogen and oxygen atoms in total. The van der Waals surface area contributed by atoms with Gasteiger partial charge in [0, 0.05) is 29.9 Å². The van der Waals surface area contributed by atoms with Crippen molar-refractivity contribution in [3.8, 4) is 17.2 Å². The van der Waals surface area contributed by atoms with Crippen LogP contribution in [0.2, 0.25) is 0 Å². The van der Waals surface area contributed by atoms with Crippen LogP contribution < -0.4 is 19.1 Å². The topological polar surface area (TPSA) is 126 Å². The first-order chi connectivity index (χ1) is 18.7. The number of nitrogens with zero attached hydrogens (tertiary/aromatic N) is 2. The highest BCUT2D eigenvalue weighted by Gasteiger charge is 2.34. The van der Waals surface area contributed by atoms with Crippen molar-refractivity contribution < 1.29 is 38.8 Å². The van der Waals surface area contributed by atoms with Gasteiger partial charge in [-0.3, -0.25) is 14.5 Å². The summed E-state index contributed by atoms with van der Waals surface area (Å²) in [6.45, 7) is 3.32. The summed E-state index contributed by atoms with van der Waals surface area (Å²) in [6.07, 6.45) is 5.50. The minimum absolute atomic E-state index is 0.0553. The van der Waals surface area contributed by atoms with Crippen molar-refractivity contribution in [3.05, 3.63) is 47.5 Å². The van der Waals surface area contributed by atoms with Gasteiger partial charge in [0.15, 0.2) is 17.4 Å². The largest absolute Gasteiger partial charge is 0.496 e. The van der Waals surface area contributed by atoms with Gasteiger partial charge in [-0.05, 0) is 55.9 Å². The molecule has 1 aliphatic carbocycles. The number of aliphatic carboxylic acids is 2. The summed E-state index contributed by atoms with van der Waals surface area (Å²) in [5.41, 5.74) is 1.45. The summed E-state index contributed by atoms with van der Waals surface area (Å²) in [7, 11) is 3.02. The van der Waals surface area contributed by atoms with Crippen molar-refractivity contribution in [2.24, 2.45) is 5.92 Å². The molecule has 1 heterocycles. The molecule has 2 N–H and O–H groups in total. The Labute approximate surface area is 228 Å². The van der Waals surface area contributed by atoms with E-state index in [9.17, 15) is 24.6 Å². The summed E-state index contributed by atoms with van der Waals surface area (Å²) < 4.78 is 17.0. The molecule has 2 aromatic carbocycles. The number of rotatable bonds is 13. The molecule has 39 heavy (non-hydrogen) atoms. The average Bonchev–Trinajstić information content (AvgIpc) is 3.73. The second kappa shape index (κ2) is 12.3. The van der Waals surface area contributed by atoms with Gasteiger partial charge in [0.2, 0.25) is 0 Å². The van der Waals surface area contributed by atoms with Gasteiger partial charge < -0.3 is 29.3 Å². The van der Waals surface area contributed by atoms with Gasteiger partial charge in [0.1, 0.15) is 5.75 Å². The first kappa shape index (κ1) is 28.1. The van der Waals surface area contributed by atoms with Gasteiger partial charge in [-0.1, -0.05) is 25.0 Å². The molecule has 0 unspecified atom stereocenters. The van der Waals surface area contributed by atoms with Crippen LogP contribution in [0.15, 0.2) is 36.4 Å². The molecule has 2 aromatic rings. The fourth-order valence-electron chi connectivity index (χ4n) is 4.93. The normalized spacial score (nSPS) is 17.3. The zero-order valence-electron chi connectivity index (χ0n) is 22.6. The zero-order valence-corrected chi connectivity index (χ0v) is 22.6. The third-order valence-corrected chi connectivity index (χ3v) is 7.43. The number of hydrogen-bond donors (Lipinski definition) is 2. The second-order valence-corrected chi connectivity index (χ2v) is 10.1. The average molecular weight is 541 g/mol. The summed E-state index contributed by atoms with van der Waals surface area (Å²) in [5, 5.41) is 18.7. The summed E-state index contributed by atoms with van der Waals surface area (Å²) in [6, 6.07) is 9.74. The molecule has 10 heteroatoms. The SMILES string of the molecule is COc1cc(C(C(=O)O)C(=O)O)ccc1CN1C(=O)N(c2ccc(OC)c(OCCCC3CC3)c2)CC[C@@H]1C. The van der Waals surface area contributed by atoms with Gasteiger partial charge in [-0.25, -0.2) is 4.79 Å². The van der Waals surface area contributed by atoms with Gasteiger partial charge in [-0.15, -0.1) is 0 Å². The zero-order chi connectivity index (χ0) is 28.1. The number of benzene rings is 2. The van der Waals surface area contributed by atoms with Crippen LogP contribution in [0.25, 0.3) is 0 Å². The quantitative estimate of drug-likeness (QED) is 0.276. The summed E-state index contributed by atoms with van der Waals surface area (Å²) in [4.78, 5) is 40.1. The third kappa shape index (κ3) is 6.55. The van der Waals surface area contributed by atoms with Crippen molar-refractivity contribution in [2.75, 3.05) is 32.3 Å². The first-order valence-corrected chi connectivity index (χ1v) is 13.2. The Balaban J connectivity index is 1.52. The van der Waals surface area contributed by atoms with E-state index >= 15 is 0 Å². The molecule has 1 saturated carbocycles. The first-order valence-electron chi connectivity index (χ1n) is 13.2. The molecule has 4 rings (SSSR count). The van der Waals surface area contributed by atoms with Gasteiger partial charge in [0.25, 0.3) is 0 Å². The van der Waals surface area contributed by atoms with Crippen molar-refractivity contribution in [3.63, 3.8) is 0 Å². The Hall–Kier alpha value is -3.95. The molecule has 0 radical (unpaired) electrons. The lowest BCUT2D eigenvalue weighted by molar-refractivity contribution is -0.150. The highest BCUT2D eigenvalue weighted by molar-refractivity contribution is 5.99. The number of carboxylic acid groups (broad SMARTS) is 2. The minimum atomic E-state index is -1.71. The molecule has 2 fully saturated rings. The van der Waals surface area contributed by atoms with Crippen LogP contribution in [0.4, 0.5) is 10.5 Å². The molecular formula is C29H36N2O8. The maximum Gasteiger partial charge on any atom is 0.325 e. The Kier molecular flexibility index (Phi) is 8.83. The molecule has 2 amide bonds. The van der Waals surface area contributed by atoms with Crippen LogP contribution in [0.3, 0.4) is 0 Å². The van der Waals surface area contributed by atoms with Gasteiger partial charge in [-0.2, -0.15) is 0 Å². The Morgan fingerprint density at radius 2 is 1.69 bits per heavy atom. The maximum absolute atomic E-state index is 13.7. The van der Waals surface area contributed by atoms with Crippen LogP contribution >= 0.6 is 0 Å². The molecule has 0 aromatic heterocycles. The van der Waals surface area contributed by atoms with E-state index in [4.69, 9.17) is 14.2 Å². The molecule has 1 saturated heterocycles. The molecule has 2 aliphatic rings. The minimum Gasteiger partial charge on any atom is -0.496 e. The van der Waals surface area contributed by atoms with Crippen molar-refractivity contribution >= 4 is 23.7 Å². The number of ether oxygens (including phenoxy) is 3. The van der Waals surface area contributed by atoms with Crippen molar-refractivity contribution in [1.82, 2.24) is 4.90 Å². The number of anilines is 1. The Bertz CT molecular complexity index is 1200. The van der Waals surface area contributed by atoms with Gasteiger partial charge in [0.05, 0.1) is 27.4 Å². The smallest absolute Gasteiger partial charge is 0.325 e. The van der Waals surface area contributed by atoms with Crippen molar-refractivity contribution in [2.45, 2.75) is 57.5 Å². The fourth-order valence-corrected chi connectivity index (χ4v) is 4.93. The van der Waals surface area contributed by atoms with E-state index in [-0.39, 0.29) is 24.2 Å². The van der Waals surface area contributed by atoms with Crippen LogP contribution in [0, 0.1) is 5.92 Å². The molecule has 210 valence electrons. The standard InChI is InChI=1S/C29H36N2O8/c1-18-12-13-30(22-10-11-23(37-2)25(16-22)39-14-4-5-19-6-7-19)29(36)31(18)17-21-9-8-20(15-24(21)38-3)26(27(32)33)28(34)35/h8-11,15-16,18-19,26H,4-7,12-14,17H2,1-3H3,(H,32,33)(H,34,35)/t18-/m0/s1.